The van der Waals surface area contributed by atoms with Gasteiger partial charge in [0.25, 0.3) is 0 Å². The van der Waals surface area contributed by atoms with Crippen molar-refractivity contribution in [2.75, 3.05) is 0 Å². The van der Waals surface area contributed by atoms with E-state index < -0.39 is 0 Å². The van der Waals surface area contributed by atoms with Crippen LogP contribution in [0, 0.1) is 6.92 Å². The number of benzene rings is 1. The molecule has 0 atom stereocenters. The lowest BCUT2D eigenvalue weighted by Crippen LogP contribution is -2.06. The molecule has 1 heterocycles. The normalized spacial score (nSPS) is 10.6. The Morgan fingerprint density at radius 1 is 1.35 bits per heavy atom. The first-order chi connectivity index (χ1) is 9.52. The topological polar surface area (TPSA) is 44.1 Å². The maximum absolute atomic E-state index is 11.2. The van der Waals surface area contributed by atoms with Gasteiger partial charge < -0.3 is 4.74 Å². The summed E-state index contributed by atoms with van der Waals surface area (Å²) in [5, 5.41) is 4.42. The third-order valence-corrected chi connectivity index (χ3v) is 4.12. The lowest BCUT2D eigenvalue weighted by atomic mass is 10.1. The highest BCUT2D eigenvalue weighted by Gasteiger charge is 2.12. The van der Waals surface area contributed by atoms with Crippen molar-refractivity contribution < 1.29 is 9.53 Å². The third kappa shape index (κ3) is 3.10. The average Bonchev–Trinajstić information content (AvgIpc) is 2.72. The minimum absolute atomic E-state index is 0.0546. The lowest BCUT2D eigenvalue weighted by Gasteiger charge is -2.08. The largest absolute Gasteiger partial charge is 0.487 e. The number of hydrogen-bond donors (Lipinski definition) is 0. The van der Waals surface area contributed by atoms with Gasteiger partial charge in [-0.15, -0.1) is 0 Å². The van der Waals surface area contributed by atoms with Crippen LogP contribution in [0.3, 0.4) is 0 Å². The van der Waals surface area contributed by atoms with Gasteiger partial charge in [0.15, 0.2) is 5.78 Å². The van der Waals surface area contributed by atoms with Crippen molar-refractivity contribution in [1.29, 1.82) is 0 Å². The van der Waals surface area contributed by atoms with E-state index in [1.807, 2.05) is 30.7 Å². The first-order valence-corrected chi connectivity index (χ1v) is 7.27. The molecule has 2 rings (SSSR count). The zero-order valence-corrected chi connectivity index (χ0v) is 13.4. The Morgan fingerprint density at radius 2 is 2.00 bits per heavy atom. The van der Waals surface area contributed by atoms with Crippen LogP contribution in [0.4, 0.5) is 0 Å². The summed E-state index contributed by atoms with van der Waals surface area (Å²) in [4.78, 5) is 11.2. The van der Waals surface area contributed by atoms with Crippen LogP contribution < -0.4 is 4.74 Å². The average molecular weight is 337 g/mol. The van der Waals surface area contributed by atoms with E-state index in [1.165, 1.54) is 0 Å². The predicted molar refractivity (Wildman–Crippen MR) is 81.1 cm³/mol. The highest BCUT2D eigenvalue weighted by Crippen LogP contribution is 2.23. The summed E-state index contributed by atoms with van der Waals surface area (Å²) >= 11 is 3.54. The van der Waals surface area contributed by atoms with E-state index in [2.05, 4.69) is 21.0 Å². The van der Waals surface area contributed by atoms with Gasteiger partial charge in [-0.2, -0.15) is 5.10 Å². The summed E-state index contributed by atoms with van der Waals surface area (Å²) in [6.45, 7) is 6.80. The number of Topliss-reactive ketones (excluding diaryl/α,β-unsaturated/α-hetero) is 1. The van der Waals surface area contributed by atoms with Gasteiger partial charge in [-0.1, -0.05) is 0 Å². The van der Waals surface area contributed by atoms with Gasteiger partial charge in [-0.05, 0) is 61.0 Å². The molecule has 0 unspecified atom stereocenters. The Labute approximate surface area is 126 Å². The second kappa shape index (κ2) is 6.22. The molecule has 2 aromatic rings. The molecule has 0 saturated heterocycles. The quantitative estimate of drug-likeness (QED) is 0.781. The standard InChI is InChI=1S/C15H17BrN2O2/c1-4-18-14(15(16)10(2)17-18)9-20-13-7-5-12(6-8-13)11(3)19/h5-8H,4,9H2,1-3H3. The van der Waals surface area contributed by atoms with E-state index in [-0.39, 0.29) is 5.78 Å². The molecule has 0 radical (unpaired) electrons. The van der Waals surface area contributed by atoms with Crippen LogP contribution >= 0.6 is 15.9 Å². The van der Waals surface area contributed by atoms with Gasteiger partial charge in [0.05, 0.1) is 15.9 Å². The summed E-state index contributed by atoms with van der Waals surface area (Å²) in [7, 11) is 0. The molecule has 1 aromatic heterocycles. The highest BCUT2D eigenvalue weighted by molar-refractivity contribution is 9.10. The van der Waals surface area contributed by atoms with E-state index >= 15 is 0 Å². The van der Waals surface area contributed by atoms with Gasteiger partial charge in [0.1, 0.15) is 12.4 Å². The van der Waals surface area contributed by atoms with Crippen molar-refractivity contribution in [3.63, 3.8) is 0 Å². The number of ether oxygens (including phenoxy) is 1. The molecule has 0 aliphatic carbocycles. The fourth-order valence-electron chi connectivity index (χ4n) is 1.94. The Morgan fingerprint density at radius 3 is 2.55 bits per heavy atom. The highest BCUT2D eigenvalue weighted by atomic mass is 79.9. The molecule has 106 valence electrons. The second-order valence-electron chi connectivity index (χ2n) is 4.53. The van der Waals surface area contributed by atoms with Crippen molar-refractivity contribution in [3.05, 3.63) is 45.7 Å². The number of ketones is 1. The molecule has 0 aliphatic rings. The van der Waals surface area contributed by atoms with E-state index in [4.69, 9.17) is 4.74 Å². The predicted octanol–water partition coefficient (Wildman–Crippen LogP) is 3.76. The maximum Gasteiger partial charge on any atom is 0.159 e. The van der Waals surface area contributed by atoms with Crippen molar-refractivity contribution in [2.45, 2.75) is 33.9 Å². The zero-order chi connectivity index (χ0) is 14.7. The minimum Gasteiger partial charge on any atom is -0.487 e. The minimum atomic E-state index is 0.0546. The van der Waals surface area contributed by atoms with Gasteiger partial charge >= 0.3 is 0 Å². The lowest BCUT2D eigenvalue weighted by molar-refractivity contribution is 0.101. The van der Waals surface area contributed by atoms with E-state index in [1.54, 1.807) is 19.1 Å². The molecular formula is C15H17BrN2O2. The summed E-state index contributed by atoms with van der Waals surface area (Å²) < 4.78 is 8.67. The molecule has 0 bridgehead atoms. The van der Waals surface area contributed by atoms with Gasteiger partial charge in [-0.3, -0.25) is 9.48 Å². The van der Waals surface area contributed by atoms with Gasteiger partial charge in [0, 0.05) is 12.1 Å². The molecule has 1 aromatic carbocycles. The monoisotopic (exact) mass is 336 g/mol. The number of rotatable bonds is 5. The molecular weight excluding hydrogens is 320 g/mol. The molecule has 0 amide bonds. The Balaban J connectivity index is 2.10. The van der Waals surface area contributed by atoms with E-state index in [0.717, 1.165) is 28.2 Å². The molecule has 0 saturated carbocycles. The van der Waals surface area contributed by atoms with Crippen LogP contribution in [0.2, 0.25) is 0 Å². The van der Waals surface area contributed by atoms with Gasteiger partial charge in [-0.25, -0.2) is 0 Å². The molecule has 5 heteroatoms. The smallest absolute Gasteiger partial charge is 0.159 e. The Hall–Kier alpha value is -1.62. The SMILES string of the molecule is CCn1nc(C)c(Br)c1COc1ccc(C(C)=O)cc1. The first kappa shape index (κ1) is 14.8. The number of aryl methyl sites for hydroxylation is 2. The summed E-state index contributed by atoms with van der Waals surface area (Å²) in [6, 6.07) is 7.17. The molecule has 0 N–H and O–H groups in total. The number of hydrogen-bond acceptors (Lipinski definition) is 3. The van der Waals surface area contributed by atoms with Crippen LogP contribution in [-0.2, 0) is 13.2 Å². The number of halogens is 1. The molecule has 20 heavy (non-hydrogen) atoms. The maximum atomic E-state index is 11.2. The summed E-state index contributed by atoms with van der Waals surface area (Å²) in [5.74, 6) is 0.794. The van der Waals surface area contributed by atoms with Gasteiger partial charge in [0.2, 0.25) is 0 Å². The second-order valence-corrected chi connectivity index (χ2v) is 5.32. The van der Waals surface area contributed by atoms with E-state index in [0.29, 0.717) is 12.2 Å². The molecule has 0 fully saturated rings. The van der Waals surface area contributed by atoms with Crippen LogP contribution in [0.5, 0.6) is 5.75 Å². The molecule has 4 nitrogen and oxygen atoms in total. The zero-order valence-electron chi connectivity index (χ0n) is 11.8. The van der Waals surface area contributed by atoms with Crippen LogP contribution in [-0.4, -0.2) is 15.6 Å². The van der Waals surface area contributed by atoms with Crippen molar-refractivity contribution in [1.82, 2.24) is 9.78 Å². The fraction of sp³-hybridized carbons (Fsp3) is 0.333. The Kier molecular flexibility index (Phi) is 4.60. The third-order valence-electron chi connectivity index (χ3n) is 3.09. The molecule has 0 spiro atoms. The fourth-order valence-corrected chi connectivity index (χ4v) is 2.34. The van der Waals surface area contributed by atoms with Crippen LogP contribution in [0.1, 0.15) is 35.6 Å². The number of aromatic nitrogens is 2. The van der Waals surface area contributed by atoms with Crippen molar-refractivity contribution in [3.8, 4) is 5.75 Å². The first-order valence-electron chi connectivity index (χ1n) is 6.48. The number of nitrogens with zero attached hydrogens (tertiary/aromatic N) is 2. The van der Waals surface area contributed by atoms with Crippen molar-refractivity contribution in [2.24, 2.45) is 0 Å². The molecule has 0 aliphatic heterocycles. The number of carbonyl (C=O) groups is 1. The summed E-state index contributed by atoms with van der Waals surface area (Å²) in [5.41, 5.74) is 2.66. The van der Waals surface area contributed by atoms with Crippen LogP contribution in [0.15, 0.2) is 28.7 Å². The van der Waals surface area contributed by atoms with Crippen molar-refractivity contribution >= 4 is 21.7 Å². The van der Waals surface area contributed by atoms with E-state index in [9.17, 15) is 4.79 Å². The van der Waals surface area contributed by atoms with Crippen LogP contribution in [0.25, 0.3) is 0 Å². The Bertz CT molecular complexity index is 618. The number of carbonyl (C=O) groups excluding carboxylic acids is 1. The summed E-state index contributed by atoms with van der Waals surface area (Å²) in [6.07, 6.45) is 0.